The smallest absolute Gasteiger partial charge is 0.329 e. The Balaban J connectivity index is 1.68. The van der Waals surface area contributed by atoms with Crippen molar-refractivity contribution in [3.8, 4) is 0 Å². The van der Waals surface area contributed by atoms with Crippen molar-refractivity contribution in [2.45, 2.75) is 25.8 Å². The van der Waals surface area contributed by atoms with Gasteiger partial charge in [0.1, 0.15) is 6.04 Å². The molecule has 32 heavy (non-hydrogen) atoms. The maximum Gasteiger partial charge on any atom is 0.329 e. The first-order valence-electron chi connectivity index (χ1n) is 10.4. The number of rotatable bonds is 9. The highest BCUT2D eigenvalue weighted by Crippen LogP contribution is 2.12. The number of nitrogens with one attached hydrogen (secondary N) is 1. The molecule has 0 bridgehead atoms. The van der Waals surface area contributed by atoms with Gasteiger partial charge in [-0.15, -0.1) is 0 Å². The van der Waals surface area contributed by atoms with E-state index in [2.05, 4.69) is 5.32 Å². The van der Waals surface area contributed by atoms with E-state index in [-0.39, 0.29) is 12.2 Å². The molecular formula is C26H24ClNO4. The van der Waals surface area contributed by atoms with Gasteiger partial charge in [0.15, 0.2) is 12.4 Å². The Morgan fingerprint density at radius 1 is 0.844 bits per heavy atom. The fourth-order valence-corrected chi connectivity index (χ4v) is 3.26. The van der Waals surface area contributed by atoms with Gasteiger partial charge in [0.2, 0.25) is 0 Å². The van der Waals surface area contributed by atoms with E-state index in [4.69, 9.17) is 16.3 Å². The first-order chi connectivity index (χ1) is 15.5. The van der Waals surface area contributed by atoms with Gasteiger partial charge in [-0.2, -0.15) is 0 Å². The second kappa shape index (κ2) is 11.3. The molecule has 0 saturated heterocycles. The molecule has 0 radical (unpaired) electrons. The molecule has 0 heterocycles. The van der Waals surface area contributed by atoms with Crippen LogP contribution in [0.1, 0.15) is 38.8 Å². The lowest BCUT2D eigenvalue weighted by molar-refractivity contribution is -0.144. The molecule has 164 valence electrons. The van der Waals surface area contributed by atoms with Crippen molar-refractivity contribution in [2.75, 3.05) is 6.61 Å². The molecule has 1 amide bonds. The van der Waals surface area contributed by atoms with Gasteiger partial charge in [0.25, 0.3) is 5.91 Å². The first-order valence-corrected chi connectivity index (χ1v) is 10.7. The van der Waals surface area contributed by atoms with Crippen LogP contribution in [0, 0.1) is 0 Å². The van der Waals surface area contributed by atoms with Crippen molar-refractivity contribution in [1.29, 1.82) is 0 Å². The monoisotopic (exact) mass is 449 g/mol. The molecular weight excluding hydrogens is 426 g/mol. The van der Waals surface area contributed by atoms with Crippen molar-refractivity contribution in [1.82, 2.24) is 5.32 Å². The van der Waals surface area contributed by atoms with E-state index in [1.54, 1.807) is 36.4 Å². The average Bonchev–Trinajstić information content (AvgIpc) is 2.83. The molecule has 0 aliphatic heterocycles. The quantitative estimate of drug-likeness (QED) is 0.380. The van der Waals surface area contributed by atoms with Gasteiger partial charge in [-0.25, -0.2) is 4.79 Å². The summed E-state index contributed by atoms with van der Waals surface area (Å²) in [5.74, 6) is -1.40. The van der Waals surface area contributed by atoms with Gasteiger partial charge in [0, 0.05) is 22.6 Å². The summed E-state index contributed by atoms with van der Waals surface area (Å²) in [6, 6.07) is 21.9. The lowest BCUT2D eigenvalue weighted by atomic mass is 10.1. The van der Waals surface area contributed by atoms with E-state index in [0.717, 1.165) is 17.5 Å². The molecule has 0 fully saturated rings. The zero-order valence-electron chi connectivity index (χ0n) is 17.7. The number of esters is 1. The Labute approximate surface area is 192 Å². The number of hydrogen-bond acceptors (Lipinski definition) is 4. The Kier molecular flexibility index (Phi) is 8.17. The fraction of sp³-hybridized carbons (Fsp3) is 0.192. The Morgan fingerprint density at radius 2 is 1.47 bits per heavy atom. The molecule has 1 N–H and O–H groups in total. The number of Topliss-reactive ketones (excluding diaryl/α,β-unsaturated/α-hetero) is 1. The zero-order valence-corrected chi connectivity index (χ0v) is 18.5. The summed E-state index contributed by atoms with van der Waals surface area (Å²) in [7, 11) is 0. The molecule has 0 aromatic heterocycles. The minimum Gasteiger partial charge on any atom is -0.456 e. The van der Waals surface area contributed by atoms with Crippen LogP contribution in [-0.2, 0) is 22.4 Å². The number of carbonyl (C=O) groups is 3. The van der Waals surface area contributed by atoms with Crippen molar-refractivity contribution in [2.24, 2.45) is 0 Å². The summed E-state index contributed by atoms with van der Waals surface area (Å²) < 4.78 is 5.28. The van der Waals surface area contributed by atoms with Gasteiger partial charge >= 0.3 is 5.97 Å². The van der Waals surface area contributed by atoms with Crippen molar-refractivity contribution in [3.05, 3.63) is 106 Å². The van der Waals surface area contributed by atoms with Crippen LogP contribution in [0.25, 0.3) is 0 Å². The Bertz CT molecular complexity index is 1060. The standard InChI is InChI=1S/C26H24ClNO4/c1-2-18-8-10-20(11-9-18)24(29)17-32-26(31)23(16-19-6-4-3-5-7-19)28-25(30)21-12-14-22(27)15-13-21/h3-15,23H,2,16-17H2,1H3,(H,28,30)/t23-/m1/s1. The van der Waals surface area contributed by atoms with Crippen LogP contribution in [0.4, 0.5) is 0 Å². The van der Waals surface area contributed by atoms with Crippen LogP contribution in [-0.4, -0.2) is 30.3 Å². The topological polar surface area (TPSA) is 72.5 Å². The minimum atomic E-state index is -0.948. The van der Waals surface area contributed by atoms with E-state index >= 15 is 0 Å². The Hall–Kier alpha value is -3.44. The van der Waals surface area contributed by atoms with Crippen molar-refractivity contribution < 1.29 is 19.1 Å². The van der Waals surface area contributed by atoms with Gasteiger partial charge in [-0.05, 0) is 41.8 Å². The van der Waals surface area contributed by atoms with Gasteiger partial charge < -0.3 is 10.1 Å². The molecule has 0 unspecified atom stereocenters. The van der Waals surface area contributed by atoms with Gasteiger partial charge in [-0.1, -0.05) is 73.1 Å². The minimum absolute atomic E-state index is 0.235. The van der Waals surface area contributed by atoms with E-state index in [0.29, 0.717) is 16.1 Å². The fourth-order valence-electron chi connectivity index (χ4n) is 3.13. The molecule has 3 rings (SSSR count). The highest BCUT2D eigenvalue weighted by molar-refractivity contribution is 6.30. The average molecular weight is 450 g/mol. The normalized spacial score (nSPS) is 11.4. The summed E-state index contributed by atoms with van der Waals surface area (Å²) in [5.41, 5.74) is 2.81. The van der Waals surface area contributed by atoms with E-state index in [1.807, 2.05) is 49.4 Å². The van der Waals surface area contributed by atoms with E-state index in [1.165, 1.54) is 0 Å². The lowest BCUT2D eigenvalue weighted by Crippen LogP contribution is -2.43. The summed E-state index contributed by atoms with van der Waals surface area (Å²) in [4.78, 5) is 37.9. The third-order valence-corrected chi connectivity index (χ3v) is 5.26. The number of hydrogen-bond donors (Lipinski definition) is 1. The number of carbonyl (C=O) groups excluding carboxylic acids is 3. The summed E-state index contributed by atoms with van der Waals surface area (Å²) in [6.07, 6.45) is 1.11. The summed E-state index contributed by atoms with van der Waals surface area (Å²) in [5, 5.41) is 3.22. The highest BCUT2D eigenvalue weighted by atomic mass is 35.5. The molecule has 0 saturated carbocycles. The zero-order chi connectivity index (χ0) is 22.9. The predicted molar refractivity (Wildman–Crippen MR) is 124 cm³/mol. The van der Waals surface area contributed by atoms with Crippen LogP contribution in [0.2, 0.25) is 5.02 Å². The summed E-state index contributed by atoms with van der Waals surface area (Å²) >= 11 is 5.88. The Morgan fingerprint density at radius 3 is 2.09 bits per heavy atom. The maximum atomic E-state index is 12.8. The summed E-state index contributed by atoms with van der Waals surface area (Å²) in [6.45, 7) is 1.64. The van der Waals surface area contributed by atoms with Crippen LogP contribution in [0.15, 0.2) is 78.9 Å². The third kappa shape index (κ3) is 6.53. The molecule has 1 atom stereocenters. The van der Waals surface area contributed by atoms with Crippen molar-refractivity contribution >= 4 is 29.3 Å². The molecule has 5 nitrogen and oxygen atoms in total. The highest BCUT2D eigenvalue weighted by Gasteiger charge is 2.24. The number of ketones is 1. The van der Waals surface area contributed by atoms with Gasteiger partial charge in [0.05, 0.1) is 0 Å². The number of ether oxygens (including phenoxy) is 1. The van der Waals surface area contributed by atoms with E-state index in [9.17, 15) is 14.4 Å². The molecule has 0 aliphatic rings. The van der Waals surface area contributed by atoms with Crippen molar-refractivity contribution in [3.63, 3.8) is 0 Å². The largest absolute Gasteiger partial charge is 0.456 e. The SMILES string of the molecule is CCc1ccc(C(=O)COC(=O)[C@@H](Cc2ccccc2)NC(=O)c2ccc(Cl)cc2)cc1. The van der Waals surface area contributed by atoms with Crippen LogP contribution < -0.4 is 5.32 Å². The number of halogens is 1. The predicted octanol–water partition coefficient (Wildman–Crippen LogP) is 4.67. The molecule has 0 aliphatic carbocycles. The number of amides is 1. The van der Waals surface area contributed by atoms with Crippen LogP contribution in [0.3, 0.4) is 0 Å². The maximum absolute atomic E-state index is 12.8. The molecule has 6 heteroatoms. The van der Waals surface area contributed by atoms with Gasteiger partial charge in [-0.3, -0.25) is 9.59 Å². The van der Waals surface area contributed by atoms with E-state index < -0.39 is 24.5 Å². The number of aryl methyl sites for hydroxylation is 1. The second-order valence-electron chi connectivity index (χ2n) is 7.30. The second-order valence-corrected chi connectivity index (χ2v) is 7.74. The van der Waals surface area contributed by atoms with Crippen LogP contribution >= 0.6 is 11.6 Å². The first kappa shape index (κ1) is 23.2. The number of benzene rings is 3. The molecule has 0 spiro atoms. The molecule has 3 aromatic carbocycles. The lowest BCUT2D eigenvalue weighted by Gasteiger charge is -2.18. The molecule has 3 aromatic rings. The van der Waals surface area contributed by atoms with Crippen LogP contribution in [0.5, 0.6) is 0 Å². The third-order valence-electron chi connectivity index (χ3n) is 5.01.